The molecule has 3 rings (SSSR count). The molecule has 0 spiro atoms. The molecule has 106 valence electrons. The van der Waals surface area contributed by atoms with Crippen LogP contribution in [0.5, 0.6) is 0 Å². The maximum atomic E-state index is 12.0. The van der Waals surface area contributed by atoms with Crippen LogP contribution in [0.3, 0.4) is 0 Å². The van der Waals surface area contributed by atoms with E-state index in [1.54, 1.807) is 18.2 Å². The molecule has 3 N–H and O–H groups in total. The van der Waals surface area contributed by atoms with Crippen molar-refractivity contribution in [3.8, 4) is 0 Å². The molecule has 0 bridgehead atoms. The Morgan fingerprint density at radius 1 is 1.33 bits per heavy atom. The minimum absolute atomic E-state index is 0.234. The summed E-state index contributed by atoms with van der Waals surface area (Å²) in [5.41, 5.74) is 0.352. The van der Waals surface area contributed by atoms with Crippen LogP contribution in [0.4, 0.5) is 5.95 Å². The summed E-state index contributed by atoms with van der Waals surface area (Å²) in [7, 11) is 0. The number of hydrogen-bond acceptors (Lipinski definition) is 6. The number of aromatic nitrogens is 5. The zero-order valence-corrected chi connectivity index (χ0v) is 12.5. The first-order chi connectivity index (χ1) is 10.2. The Balaban J connectivity index is 1.92. The molecule has 0 unspecified atom stereocenters. The summed E-state index contributed by atoms with van der Waals surface area (Å²) in [6, 6.07) is 7.07. The summed E-state index contributed by atoms with van der Waals surface area (Å²) < 4.78 is 0. The first kappa shape index (κ1) is 13.7. The second-order valence-corrected chi connectivity index (χ2v) is 5.24. The minimum Gasteiger partial charge on any atom is -0.312 e. The van der Waals surface area contributed by atoms with Crippen molar-refractivity contribution in [2.45, 2.75) is 5.16 Å². The topological polar surface area (TPSA) is 99.4 Å². The van der Waals surface area contributed by atoms with Crippen molar-refractivity contribution >= 4 is 45.8 Å². The van der Waals surface area contributed by atoms with E-state index in [0.717, 1.165) is 0 Å². The number of thioether (sulfide) groups is 1. The van der Waals surface area contributed by atoms with E-state index in [9.17, 15) is 4.79 Å². The van der Waals surface area contributed by atoms with Crippen LogP contribution >= 0.6 is 24.0 Å². The molecule has 0 aliphatic carbocycles. The fourth-order valence-corrected chi connectivity index (χ4v) is 2.27. The number of fused-ring (bicyclic) bond motifs is 1. The highest BCUT2D eigenvalue weighted by Crippen LogP contribution is 2.11. The van der Waals surface area contributed by atoms with Crippen molar-refractivity contribution < 1.29 is 0 Å². The summed E-state index contributed by atoms with van der Waals surface area (Å²) in [5, 5.41) is 10.7. The summed E-state index contributed by atoms with van der Waals surface area (Å²) in [4.78, 5) is 23.4. The maximum absolute atomic E-state index is 12.0. The average molecular weight is 318 g/mol. The van der Waals surface area contributed by atoms with E-state index in [1.165, 1.54) is 11.8 Å². The Hall–Kier alpha value is -2.26. The monoisotopic (exact) mass is 318 g/mol. The molecule has 7 nitrogen and oxygen atoms in total. The van der Waals surface area contributed by atoms with Crippen molar-refractivity contribution in [2.24, 2.45) is 0 Å². The smallest absolute Gasteiger partial charge is 0.259 e. The summed E-state index contributed by atoms with van der Waals surface area (Å²) in [6.45, 7) is 0. The number of nitrogens with zero attached hydrogens (tertiary/aromatic N) is 3. The third kappa shape index (κ3) is 2.78. The van der Waals surface area contributed by atoms with Crippen LogP contribution in [0, 0.1) is 0 Å². The minimum atomic E-state index is -0.234. The number of hydrogen-bond donors (Lipinski definition) is 3. The normalized spacial score (nSPS) is 10.7. The molecule has 3 aromatic rings. The van der Waals surface area contributed by atoms with Gasteiger partial charge in [-0.2, -0.15) is 4.98 Å². The van der Waals surface area contributed by atoms with Gasteiger partial charge in [-0.25, -0.2) is 10.1 Å². The quantitative estimate of drug-likeness (QED) is 0.497. The zero-order valence-electron chi connectivity index (χ0n) is 10.9. The molecule has 21 heavy (non-hydrogen) atoms. The summed E-state index contributed by atoms with van der Waals surface area (Å²) >= 11 is 6.64. The van der Waals surface area contributed by atoms with Crippen molar-refractivity contribution in [3.05, 3.63) is 40.4 Å². The van der Waals surface area contributed by atoms with Gasteiger partial charge in [0, 0.05) is 0 Å². The molecule has 0 fully saturated rings. The zero-order chi connectivity index (χ0) is 14.8. The Bertz CT molecular complexity index is 871. The molecule has 9 heteroatoms. The molecule has 0 aliphatic rings. The largest absolute Gasteiger partial charge is 0.312 e. The van der Waals surface area contributed by atoms with E-state index in [-0.39, 0.29) is 16.4 Å². The Morgan fingerprint density at radius 2 is 2.14 bits per heavy atom. The fourth-order valence-electron chi connectivity index (χ4n) is 1.75. The Labute approximate surface area is 128 Å². The molecule has 0 aliphatic heterocycles. The molecule has 1 aromatic carbocycles. The number of anilines is 1. The molecule has 0 saturated heterocycles. The highest BCUT2D eigenvalue weighted by atomic mass is 32.2. The van der Waals surface area contributed by atoms with Gasteiger partial charge in [0.2, 0.25) is 11.1 Å². The van der Waals surface area contributed by atoms with E-state index < -0.39 is 0 Å². The molecule has 0 radical (unpaired) electrons. The van der Waals surface area contributed by atoms with Crippen molar-refractivity contribution in [1.82, 2.24) is 25.1 Å². The molecular weight excluding hydrogens is 308 g/mol. The van der Waals surface area contributed by atoms with E-state index in [0.29, 0.717) is 22.0 Å². The Morgan fingerprint density at radius 3 is 2.90 bits per heavy atom. The first-order valence-electron chi connectivity index (χ1n) is 5.94. The number of aromatic amines is 2. The second kappa shape index (κ2) is 5.62. The Kier molecular flexibility index (Phi) is 3.67. The van der Waals surface area contributed by atoms with Crippen LogP contribution in [-0.2, 0) is 0 Å². The van der Waals surface area contributed by atoms with Gasteiger partial charge in [0.05, 0.1) is 10.9 Å². The highest BCUT2D eigenvalue weighted by molar-refractivity contribution is 7.98. The number of benzene rings is 1. The van der Waals surface area contributed by atoms with Gasteiger partial charge in [0.1, 0.15) is 4.99 Å². The van der Waals surface area contributed by atoms with Crippen LogP contribution in [0.25, 0.3) is 10.9 Å². The van der Waals surface area contributed by atoms with E-state index in [4.69, 9.17) is 12.2 Å². The maximum Gasteiger partial charge on any atom is 0.259 e. The fraction of sp³-hybridized carbons (Fsp3) is 0.0833. The number of thiocarbonyl (C=S) groups is 1. The molecule has 2 aromatic heterocycles. The van der Waals surface area contributed by atoms with Crippen LogP contribution in [0.2, 0.25) is 0 Å². The predicted octanol–water partition coefficient (Wildman–Crippen LogP) is 1.55. The summed E-state index contributed by atoms with van der Waals surface area (Å²) in [5.74, 6) is 0.691. The van der Waals surface area contributed by atoms with Gasteiger partial charge in [-0.15, -0.1) is 5.10 Å². The standard InChI is InChI=1S/C12H10N6OS2/c1-21-12-16-11(17-18-12)15-10(20)8-13-7-5-3-2-4-6(7)9(19)14-8/h2-5H,1H3,(H,13,14,19)(H2,15,16,17,18,20). The lowest BCUT2D eigenvalue weighted by molar-refractivity contribution is 0.976. The first-order valence-corrected chi connectivity index (χ1v) is 7.57. The summed E-state index contributed by atoms with van der Waals surface area (Å²) in [6.07, 6.45) is 1.87. The highest BCUT2D eigenvalue weighted by Gasteiger charge is 2.10. The van der Waals surface area contributed by atoms with Gasteiger partial charge in [0.25, 0.3) is 5.56 Å². The van der Waals surface area contributed by atoms with Crippen LogP contribution in [0.1, 0.15) is 5.82 Å². The van der Waals surface area contributed by atoms with Crippen LogP contribution < -0.4 is 10.9 Å². The lowest BCUT2D eigenvalue weighted by Gasteiger charge is -2.05. The van der Waals surface area contributed by atoms with E-state index in [2.05, 4.69) is 30.5 Å². The van der Waals surface area contributed by atoms with Crippen molar-refractivity contribution in [1.29, 1.82) is 0 Å². The number of rotatable bonds is 3. The van der Waals surface area contributed by atoms with Crippen LogP contribution in [0.15, 0.2) is 34.2 Å². The molecule has 0 atom stereocenters. The van der Waals surface area contributed by atoms with Crippen molar-refractivity contribution in [3.63, 3.8) is 0 Å². The molecule has 0 saturated carbocycles. The lowest BCUT2D eigenvalue weighted by Crippen LogP contribution is -2.20. The molecule has 0 amide bonds. The van der Waals surface area contributed by atoms with E-state index >= 15 is 0 Å². The average Bonchev–Trinajstić information content (AvgIpc) is 2.95. The van der Waals surface area contributed by atoms with Gasteiger partial charge in [-0.1, -0.05) is 36.1 Å². The number of nitrogens with one attached hydrogen (secondary N) is 3. The lowest BCUT2D eigenvalue weighted by atomic mass is 10.2. The SMILES string of the molecule is CSc1n[nH]c(NC(=S)c2nc3ccccc3c(=O)[nH]2)n1. The van der Waals surface area contributed by atoms with Gasteiger partial charge in [0.15, 0.2) is 5.82 Å². The molecule has 2 heterocycles. The van der Waals surface area contributed by atoms with E-state index in [1.807, 2.05) is 12.3 Å². The third-order valence-electron chi connectivity index (χ3n) is 2.71. The van der Waals surface area contributed by atoms with Gasteiger partial charge in [-0.05, 0) is 18.4 Å². The predicted molar refractivity (Wildman–Crippen MR) is 85.9 cm³/mol. The molecular formula is C12H10N6OS2. The number of para-hydroxylation sites is 1. The van der Waals surface area contributed by atoms with Crippen LogP contribution in [-0.4, -0.2) is 36.4 Å². The third-order valence-corrected chi connectivity index (χ3v) is 3.55. The van der Waals surface area contributed by atoms with Gasteiger partial charge < -0.3 is 10.3 Å². The number of H-pyrrole nitrogens is 2. The second-order valence-electron chi connectivity index (χ2n) is 4.06. The van der Waals surface area contributed by atoms with Crippen molar-refractivity contribution in [2.75, 3.05) is 11.6 Å². The van der Waals surface area contributed by atoms with Gasteiger partial charge in [-0.3, -0.25) is 4.79 Å². The van der Waals surface area contributed by atoms with Gasteiger partial charge >= 0.3 is 0 Å².